The van der Waals surface area contributed by atoms with Crippen LogP contribution in [0.3, 0.4) is 0 Å². The number of rotatable bonds is 4. The number of Topliss-reactive ketones (excluding diaryl/α,β-unsaturated/α-hetero) is 1. The van der Waals surface area contributed by atoms with E-state index in [0.717, 1.165) is 28.1 Å². The standard InChI is InChI=1S/C23H28BrNO3/c1-5-11-23(12-13-25(15-23)21(27)28-22(2,3)4)20(26)17-9-10-18-16(14-17)7-6-8-19(18)24/h6-10,14H,5,11-13,15H2,1-4H3. The Morgan fingerprint density at radius 3 is 2.64 bits per heavy atom. The molecular formula is C23H28BrNO3. The van der Waals surface area contributed by atoms with Crippen LogP contribution in [0.1, 0.15) is 57.3 Å². The van der Waals surface area contributed by atoms with Gasteiger partial charge in [0.15, 0.2) is 5.78 Å². The van der Waals surface area contributed by atoms with E-state index in [1.165, 1.54) is 0 Å². The van der Waals surface area contributed by atoms with Gasteiger partial charge in [-0.15, -0.1) is 0 Å². The van der Waals surface area contributed by atoms with E-state index < -0.39 is 11.0 Å². The van der Waals surface area contributed by atoms with Crippen LogP contribution < -0.4 is 0 Å². The summed E-state index contributed by atoms with van der Waals surface area (Å²) in [5, 5.41) is 2.12. The van der Waals surface area contributed by atoms with Crippen molar-refractivity contribution in [3.63, 3.8) is 0 Å². The molecule has 0 aliphatic carbocycles. The predicted molar refractivity (Wildman–Crippen MR) is 116 cm³/mol. The van der Waals surface area contributed by atoms with Gasteiger partial charge in [-0.05, 0) is 56.5 Å². The van der Waals surface area contributed by atoms with Crippen molar-refractivity contribution in [1.29, 1.82) is 0 Å². The molecule has 1 atom stereocenters. The van der Waals surface area contributed by atoms with Crippen molar-refractivity contribution in [2.24, 2.45) is 5.41 Å². The van der Waals surface area contributed by atoms with Gasteiger partial charge in [0, 0.05) is 23.1 Å². The van der Waals surface area contributed by atoms with Gasteiger partial charge >= 0.3 is 6.09 Å². The molecule has 0 saturated carbocycles. The van der Waals surface area contributed by atoms with Crippen LogP contribution in [-0.4, -0.2) is 35.5 Å². The van der Waals surface area contributed by atoms with Crippen molar-refractivity contribution < 1.29 is 14.3 Å². The van der Waals surface area contributed by atoms with Crippen molar-refractivity contribution in [1.82, 2.24) is 4.90 Å². The molecule has 28 heavy (non-hydrogen) atoms. The summed E-state index contributed by atoms with van der Waals surface area (Å²) in [7, 11) is 0. The van der Waals surface area contributed by atoms with Crippen molar-refractivity contribution in [3.05, 3.63) is 46.4 Å². The van der Waals surface area contributed by atoms with Gasteiger partial charge in [-0.2, -0.15) is 0 Å². The molecule has 1 saturated heterocycles. The van der Waals surface area contributed by atoms with Crippen LogP contribution in [0, 0.1) is 5.41 Å². The normalized spacial score (nSPS) is 19.8. The van der Waals surface area contributed by atoms with Gasteiger partial charge in [-0.1, -0.05) is 53.5 Å². The van der Waals surface area contributed by atoms with Crippen molar-refractivity contribution in [3.8, 4) is 0 Å². The molecule has 1 fully saturated rings. The largest absolute Gasteiger partial charge is 0.444 e. The first kappa shape index (κ1) is 20.8. The minimum Gasteiger partial charge on any atom is -0.444 e. The number of benzene rings is 2. The first-order chi connectivity index (χ1) is 13.1. The molecule has 0 spiro atoms. The maximum Gasteiger partial charge on any atom is 0.410 e. The highest BCUT2D eigenvalue weighted by molar-refractivity contribution is 9.10. The summed E-state index contributed by atoms with van der Waals surface area (Å²) in [5.41, 5.74) is -0.362. The van der Waals surface area contributed by atoms with Crippen LogP contribution in [0.15, 0.2) is 40.9 Å². The van der Waals surface area contributed by atoms with Crippen LogP contribution in [0.2, 0.25) is 0 Å². The molecule has 4 nitrogen and oxygen atoms in total. The number of nitrogens with zero attached hydrogens (tertiary/aromatic N) is 1. The lowest BCUT2D eigenvalue weighted by Gasteiger charge is -2.29. The number of carbonyl (C=O) groups excluding carboxylic acids is 2. The fourth-order valence-electron chi connectivity index (χ4n) is 4.03. The molecule has 150 valence electrons. The Bertz CT molecular complexity index is 902. The average Bonchev–Trinajstić information content (AvgIpc) is 3.05. The summed E-state index contributed by atoms with van der Waals surface area (Å²) in [4.78, 5) is 27.8. The molecule has 2 aromatic carbocycles. The zero-order valence-corrected chi connectivity index (χ0v) is 18.6. The van der Waals surface area contributed by atoms with Gasteiger partial charge in [0.25, 0.3) is 0 Å². The SMILES string of the molecule is CCCC1(C(=O)c2ccc3c(Br)cccc3c2)CCN(C(=O)OC(C)(C)C)C1. The van der Waals surface area contributed by atoms with Gasteiger partial charge in [-0.25, -0.2) is 4.79 Å². The fourth-order valence-corrected chi connectivity index (χ4v) is 4.54. The van der Waals surface area contributed by atoms with Gasteiger partial charge in [0.05, 0.1) is 5.41 Å². The summed E-state index contributed by atoms with van der Waals surface area (Å²) in [6.07, 6.45) is 2.00. The zero-order valence-electron chi connectivity index (χ0n) is 17.0. The van der Waals surface area contributed by atoms with Crippen molar-refractivity contribution >= 4 is 38.6 Å². The van der Waals surface area contributed by atoms with Crippen LogP contribution in [0.4, 0.5) is 4.79 Å². The second kappa shape index (κ2) is 7.86. The van der Waals surface area contributed by atoms with E-state index in [-0.39, 0.29) is 11.9 Å². The maximum absolute atomic E-state index is 13.6. The summed E-state index contributed by atoms with van der Waals surface area (Å²) in [6.45, 7) is 8.64. The summed E-state index contributed by atoms with van der Waals surface area (Å²) < 4.78 is 6.54. The highest BCUT2D eigenvalue weighted by atomic mass is 79.9. The summed E-state index contributed by atoms with van der Waals surface area (Å²) in [5.74, 6) is 0.127. The minimum absolute atomic E-state index is 0.127. The number of carbonyl (C=O) groups is 2. The Morgan fingerprint density at radius 1 is 1.21 bits per heavy atom. The van der Waals surface area contributed by atoms with Crippen molar-refractivity contribution in [2.75, 3.05) is 13.1 Å². The number of ketones is 1. The number of hydrogen-bond acceptors (Lipinski definition) is 3. The third-order valence-electron chi connectivity index (χ3n) is 5.31. The molecule has 1 amide bonds. The third-order valence-corrected chi connectivity index (χ3v) is 6.00. The Hall–Kier alpha value is -1.88. The van der Waals surface area contributed by atoms with Gasteiger partial charge in [-0.3, -0.25) is 4.79 Å². The van der Waals surface area contributed by atoms with E-state index in [1.807, 2.05) is 57.2 Å². The summed E-state index contributed by atoms with van der Waals surface area (Å²) in [6, 6.07) is 11.9. The van der Waals surface area contributed by atoms with Crippen LogP contribution in [0.5, 0.6) is 0 Å². The van der Waals surface area contributed by atoms with Crippen LogP contribution >= 0.6 is 15.9 Å². The lowest BCUT2D eigenvalue weighted by atomic mass is 9.76. The third kappa shape index (κ3) is 4.24. The highest BCUT2D eigenvalue weighted by Crippen LogP contribution is 2.39. The molecular weight excluding hydrogens is 418 g/mol. The Kier molecular flexibility index (Phi) is 5.85. The minimum atomic E-state index is -0.539. The molecule has 1 aliphatic heterocycles. The second-order valence-corrected chi connectivity index (χ2v) is 9.54. The predicted octanol–water partition coefficient (Wildman–Crippen LogP) is 6.21. The quantitative estimate of drug-likeness (QED) is 0.525. The smallest absolute Gasteiger partial charge is 0.410 e. The number of halogens is 1. The molecule has 0 aromatic heterocycles. The molecule has 0 radical (unpaired) electrons. The number of amides is 1. The topological polar surface area (TPSA) is 46.6 Å². The van der Waals surface area contributed by atoms with E-state index in [4.69, 9.17) is 4.74 Å². The molecule has 3 rings (SSSR count). The average molecular weight is 446 g/mol. The zero-order chi connectivity index (χ0) is 20.5. The van der Waals surface area contributed by atoms with Crippen molar-refractivity contribution in [2.45, 2.75) is 52.6 Å². The molecule has 1 aliphatic rings. The molecule has 1 unspecified atom stereocenters. The number of likely N-dealkylation sites (tertiary alicyclic amines) is 1. The monoisotopic (exact) mass is 445 g/mol. The lowest BCUT2D eigenvalue weighted by Crippen LogP contribution is -2.39. The van der Waals surface area contributed by atoms with E-state index in [0.29, 0.717) is 25.1 Å². The summed E-state index contributed by atoms with van der Waals surface area (Å²) >= 11 is 3.56. The highest BCUT2D eigenvalue weighted by Gasteiger charge is 2.46. The van der Waals surface area contributed by atoms with Gasteiger partial charge in [0.2, 0.25) is 0 Å². The van der Waals surface area contributed by atoms with E-state index >= 15 is 0 Å². The lowest BCUT2D eigenvalue weighted by molar-refractivity contribution is 0.0272. The van der Waals surface area contributed by atoms with E-state index in [9.17, 15) is 9.59 Å². The van der Waals surface area contributed by atoms with E-state index in [1.54, 1.807) is 4.90 Å². The fraction of sp³-hybridized carbons (Fsp3) is 0.478. The van der Waals surface area contributed by atoms with E-state index in [2.05, 4.69) is 22.9 Å². The Morgan fingerprint density at radius 2 is 1.96 bits per heavy atom. The molecule has 1 heterocycles. The van der Waals surface area contributed by atoms with Crippen LogP contribution in [0.25, 0.3) is 10.8 Å². The molecule has 2 aromatic rings. The first-order valence-electron chi connectivity index (χ1n) is 9.86. The first-order valence-corrected chi connectivity index (χ1v) is 10.7. The number of hydrogen-bond donors (Lipinski definition) is 0. The Balaban J connectivity index is 1.88. The maximum atomic E-state index is 13.6. The molecule has 0 bridgehead atoms. The van der Waals surface area contributed by atoms with Crippen LogP contribution in [-0.2, 0) is 4.74 Å². The number of fused-ring (bicyclic) bond motifs is 1. The Labute approximate surface area is 175 Å². The molecule has 5 heteroatoms. The second-order valence-electron chi connectivity index (χ2n) is 8.69. The van der Waals surface area contributed by atoms with Gasteiger partial charge in [0.1, 0.15) is 5.60 Å². The number of ether oxygens (including phenoxy) is 1. The molecule has 0 N–H and O–H groups in total. The van der Waals surface area contributed by atoms with Gasteiger partial charge < -0.3 is 9.64 Å².